The zero-order valence-corrected chi connectivity index (χ0v) is 21.8. The van der Waals surface area contributed by atoms with Crippen molar-refractivity contribution in [2.45, 2.75) is 58.0 Å². The van der Waals surface area contributed by atoms with Crippen LogP contribution in [-0.4, -0.2) is 41.1 Å². The zero-order chi connectivity index (χ0) is 27.5. The third kappa shape index (κ3) is 6.30. The Labute approximate surface area is 213 Å². The number of halogens is 1. The number of hydrogen-bond donors (Lipinski definition) is 2. The average Bonchev–Trinajstić information content (AvgIpc) is 3.14. The molecule has 0 radical (unpaired) electrons. The number of aromatic nitrogens is 2. The zero-order valence-electron chi connectivity index (χ0n) is 21.0. The molecule has 0 fully saturated rings. The molecule has 1 amide bonds. The molecular formula is C24H28FN5O6S. The Morgan fingerprint density at radius 2 is 1.92 bits per heavy atom. The van der Waals surface area contributed by atoms with E-state index in [2.05, 4.69) is 15.1 Å². The van der Waals surface area contributed by atoms with E-state index in [0.717, 1.165) is 18.2 Å². The largest absolute Gasteiger partial charge is 0.437 e. The lowest BCUT2D eigenvalue weighted by Crippen LogP contribution is -2.32. The minimum absolute atomic E-state index is 0.00816. The molecule has 11 nitrogen and oxygen atoms in total. The highest BCUT2D eigenvalue weighted by Gasteiger charge is 2.28. The van der Waals surface area contributed by atoms with Crippen molar-refractivity contribution in [2.75, 3.05) is 0 Å². The smallest absolute Gasteiger partial charge is 0.272 e. The van der Waals surface area contributed by atoms with Gasteiger partial charge in [-0.15, -0.1) is 0 Å². The summed E-state index contributed by atoms with van der Waals surface area (Å²) < 4.78 is 49.7. The minimum Gasteiger partial charge on any atom is -0.437 e. The summed E-state index contributed by atoms with van der Waals surface area (Å²) in [6.07, 6.45) is 0.672. The fraction of sp³-hybridized carbons (Fsp3) is 0.333. The number of carbonyl (C=O) groups excluding carboxylic acids is 1. The summed E-state index contributed by atoms with van der Waals surface area (Å²) in [7, 11) is -4.24. The standard InChI is InChI=1S/C24H28FN5O6S/c1-6-15(4)26-23(31)22-16(5)24(29(27-22)18-9-7-8-17(25)12-18)36-20-11-10-19(30(32)33)13-21(20)37(34,35)28-14(2)3/h7-15,28H,6H2,1-5H3,(H,26,31)/t15-/m0/s1. The van der Waals surface area contributed by atoms with Crippen LogP contribution in [0.1, 0.15) is 50.2 Å². The van der Waals surface area contributed by atoms with Crippen molar-refractivity contribution in [2.24, 2.45) is 0 Å². The Morgan fingerprint density at radius 3 is 2.51 bits per heavy atom. The molecule has 2 aromatic carbocycles. The number of ether oxygens (including phenoxy) is 1. The van der Waals surface area contributed by atoms with Crippen LogP contribution in [0.3, 0.4) is 0 Å². The summed E-state index contributed by atoms with van der Waals surface area (Å²) in [6, 6.07) is 7.85. The molecule has 1 aromatic heterocycles. The Morgan fingerprint density at radius 1 is 1.22 bits per heavy atom. The van der Waals surface area contributed by atoms with Gasteiger partial charge >= 0.3 is 0 Å². The number of nitrogens with one attached hydrogen (secondary N) is 2. The predicted molar refractivity (Wildman–Crippen MR) is 134 cm³/mol. The molecular weight excluding hydrogens is 505 g/mol. The van der Waals surface area contributed by atoms with E-state index in [1.807, 2.05) is 13.8 Å². The number of nitro benzene ring substituents is 1. The first-order valence-corrected chi connectivity index (χ1v) is 13.0. The highest BCUT2D eigenvalue weighted by Crippen LogP contribution is 2.35. The van der Waals surface area contributed by atoms with Crippen molar-refractivity contribution in [3.8, 4) is 17.3 Å². The van der Waals surface area contributed by atoms with Gasteiger partial charge in [-0.3, -0.25) is 14.9 Å². The number of sulfonamides is 1. The van der Waals surface area contributed by atoms with Gasteiger partial charge < -0.3 is 10.1 Å². The van der Waals surface area contributed by atoms with Crippen LogP contribution in [0.2, 0.25) is 0 Å². The molecule has 0 aliphatic carbocycles. The summed E-state index contributed by atoms with van der Waals surface area (Å²) in [5.74, 6) is -1.37. The van der Waals surface area contributed by atoms with Gasteiger partial charge in [-0.05, 0) is 58.4 Å². The second kappa shape index (κ2) is 11.0. The first-order valence-electron chi connectivity index (χ1n) is 11.5. The molecule has 0 aliphatic rings. The van der Waals surface area contributed by atoms with Gasteiger partial charge in [-0.25, -0.2) is 17.5 Å². The molecule has 0 saturated carbocycles. The van der Waals surface area contributed by atoms with Gasteiger partial charge in [0.05, 0.1) is 10.6 Å². The number of nitrogens with zero attached hydrogens (tertiary/aromatic N) is 3. The Balaban J connectivity index is 2.21. The van der Waals surface area contributed by atoms with Crippen molar-refractivity contribution in [3.05, 3.63) is 69.7 Å². The number of non-ortho nitro benzene ring substituents is 1. The van der Waals surface area contributed by atoms with Crippen LogP contribution in [0, 0.1) is 22.9 Å². The van der Waals surface area contributed by atoms with Crippen molar-refractivity contribution in [1.82, 2.24) is 19.8 Å². The van der Waals surface area contributed by atoms with E-state index in [1.54, 1.807) is 20.8 Å². The van der Waals surface area contributed by atoms with E-state index in [-0.39, 0.29) is 34.6 Å². The third-order valence-electron chi connectivity index (χ3n) is 5.35. The quantitative estimate of drug-likeness (QED) is 0.293. The van der Waals surface area contributed by atoms with Gasteiger partial charge in [0.1, 0.15) is 16.5 Å². The van der Waals surface area contributed by atoms with Gasteiger partial charge in [-0.1, -0.05) is 13.0 Å². The molecule has 0 unspecified atom stereocenters. The van der Waals surface area contributed by atoms with Gasteiger partial charge in [-0.2, -0.15) is 9.78 Å². The maximum absolute atomic E-state index is 14.0. The maximum atomic E-state index is 14.0. The van der Waals surface area contributed by atoms with Gasteiger partial charge in [0.15, 0.2) is 5.69 Å². The number of rotatable bonds is 10. The number of hydrogen-bond acceptors (Lipinski definition) is 7. The van der Waals surface area contributed by atoms with Crippen LogP contribution >= 0.6 is 0 Å². The number of amides is 1. The molecule has 0 saturated heterocycles. The highest BCUT2D eigenvalue weighted by atomic mass is 32.2. The Hall–Kier alpha value is -3.84. The first-order chi connectivity index (χ1) is 17.3. The molecule has 13 heteroatoms. The van der Waals surface area contributed by atoms with E-state index in [9.17, 15) is 27.7 Å². The molecule has 1 atom stereocenters. The van der Waals surface area contributed by atoms with Gasteiger partial charge in [0.2, 0.25) is 15.9 Å². The van der Waals surface area contributed by atoms with Crippen molar-refractivity contribution in [1.29, 1.82) is 0 Å². The molecule has 2 N–H and O–H groups in total. The van der Waals surface area contributed by atoms with E-state index in [4.69, 9.17) is 4.74 Å². The second-order valence-electron chi connectivity index (χ2n) is 8.72. The van der Waals surface area contributed by atoms with Gasteiger partial charge in [0.25, 0.3) is 11.6 Å². The van der Waals surface area contributed by atoms with Crippen LogP contribution < -0.4 is 14.8 Å². The maximum Gasteiger partial charge on any atom is 0.272 e. The molecule has 37 heavy (non-hydrogen) atoms. The lowest BCUT2D eigenvalue weighted by Gasteiger charge is -2.15. The van der Waals surface area contributed by atoms with E-state index in [0.29, 0.717) is 6.42 Å². The van der Waals surface area contributed by atoms with Crippen molar-refractivity contribution >= 4 is 21.6 Å². The number of benzene rings is 2. The normalized spacial score (nSPS) is 12.4. The predicted octanol–water partition coefficient (Wildman–Crippen LogP) is 4.24. The molecule has 0 bridgehead atoms. The van der Waals surface area contributed by atoms with E-state index in [1.165, 1.54) is 28.9 Å². The second-order valence-corrected chi connectivity index (χ2v) is 10.4. The molecule has 3 aromatic rings. The summed E-state index contributed by atoms with van der Waals surface area (Å²) in [6.45, 7) is 8.47. The van der Waals surface area contributed by atoms with Crippen LogP contribution in [0.5, 0.6) is 11.6 Å². The van der Waals surface area contributed by atoms with E-state index >= 15 is 0 Å². The summed E-state index contributed by atoms with van der Waals surface area (Å²) >= 11 is 0. The van der Waals surface area contributed by atoms with E-state index < -0.39 is 43.3 Å². The molecule has 3 rings (SSSR count). The third-order valence-corrected chi connectivity index (χ3v) is 7.03. The monoisotopic (exact) mass is 533 g/mol. The van der Waals surface area contributed by atoms with Gasteiger partial charge in [0, 0.05) is 29.8 Å². The number of carbonyl (C=O) groups is 1. The van der Waals surface area contributed by atoms with Crippen LogP contribution in [0.25, 0.3) is 5.69 Å². The topological polar surface area (TPSA) is 145 Å². The molecule has 198 valence electrons. The lowest BCUT2D eigenvalue weighted by atomic mass is 10.2. The van der Waals surface area contributed by atoms with Crippen LogP contribution in [0.15, 0.2) is 47.4 Å². The minimum atomic E-state index is -4.24. The van der Waals surface area contributed by atoms with Crippen molar-refractivity contribution in [3.63, 3.8) is 0 Å². The molecule has 0 aliphatic heterocycles. The Bertz CT molecular complexity index is 1440. The SMILES string of the molecule is CC[C@H](C)NC(=O)c1nn(-c2cccc(F)c2)c(Oc2ccc([N+](=O)[O-])cc2S(=O)(=O)NC(C)C)c1C. The lowest BCUT2D eigenvalue weighted by molar-refractivity contribution is -0.385. The fourth-order valence-electron chi connectivity index (χ4n) is 3.38. The van der Waals surface area contributed by atoms with Crippen LogP contribution in [0.4, 0.5) is 10.1 Å². The number of nitro groups is 1. The van der Waals surface area contributed by atoms with Crippen LogP contribution in [-0.2, 0) is 10.0 Å². The van der Waals surface area contributed by atoms with Crippen molar-refractivity contribution < 1.29 is 27.3 Å². The highest BCUT2D eigenvalue weighted by molar-refractivity contribution is 7.89. The summed E-state index contributed by atoms with van der Waals surface area (Å²) in [5, 5.41) is 18.5. The summed E-state index contributed by atoms with van der Waals surface area (Å²) in [5.41, 5.74) is 0.00236. The summed E-state index contributed by atoms with van der Waals surface area (Å²) in [4.78, 5) is 23.1. The average molecular weight is 534 g/mol. The molecule has 1 heterocycles. The first kappa shape index (κ1) is 27.7. The molecule has 0 spiro atoms. The fourth-order valence-corrected chi connectivity index (χ4v) is 4.77. The Kier molecular flexibility index (Phi) is 8.28.